The number of allylic oxidation sites excluding steroid dienone is 2. The average Bonchev–Trinajstić information content (AvgIpc) is 2.28. The number of aliphatic hydroxyl groups excluding tert-OH is 1. The van der Waals surface area contributed by atoms with E-state index >= 15 is 0 Å². The standard InChI is InChI=1S/C8H14N2O3/c9-8(10,12)7(11)6-2-1-4-13-5-3-6/h1-2,4,7,11-12H,3,5,9-10H2. The highest BCUT2D eigenvalue weighted by molar-refractivity contribution is 5.19. The van der Waals surface area contributed by atoms with Gasteiger partial charge in [-0.3, -0.25) is 11.5 Å². The summed E-state index contributed by atoms with van der Waals surface area (Å²) in [5.74, 6) is -2.09. The summed E-state index contributed by atoms with van der Waals surface area (Å²) in [4.78, 5) is 0. The van der Waals surface area contributed by atoms with Crippen LogP contribution >= 0.6 is 0 Å². The van der Waals surface area contributed by atoms with E-state index in [-0.39, 0.29) is 0 Å². The number of nitrogens with two attached hydrogens (primary N) is 2. The Kier molecular flexibility index (Phi) is 3.05. The van der Waals surface area contributed by atoms with E-state index in [2.05, 4.69) is 0 Å². The van der Waals surface area contributed by atoms with Crippen molar-refractivity contribution < 1.29 is 14.9 Å². The molecule has 0 aromatic heterocycles. The number of aliphatic hydroxyl groups is 2. The van der Waals surface area contributed by atoms with E-state index < -0.39 is 12.0 Å². The fourth-order valence-electron chi connectivity index (χ4n) is 1.07. The van der Waals surface area contributed by atoms with Crippen LogP contribution in [-0.2, 0) is 4.74 Å². The number of ether oxygens (including phenoxy) is 1. The van der Waals surface area contributed by atoms with Crippen LogP contribution in [0, 0.1) is 0 Å². The maximum Gasteiger partial charge on any atom is 0.197 e. The zero-order chi connectivity index (χ0) is 9.90. The van der Waals surface area contributed by atoms with E-state index in [0.29, 0.717) is 18.6 Å². The first-order valence-electron chi connectivity index (χ1n) is 3.97. The van der Waals surface area contributed by atoms with Gasteiger partial charge in [0, 0.05) is 6.42 Å². The smallest absolute Gasteiger partial charge is 0.197 e. The molecule has 0 aromatic carbocycles. The average molecular weight is 186 g/mol. The van der Waals surface area contributed by atoms with Crippen molar-refractivity contribution in [1.82, 2.24) is 0 Å². The molecule has 1 rings (SSSR count). The Morgan fingerprint density at radius 2 is 2.23 bits per heavy atom. The third-order valence-corrected chi connectivity index (χ3v) is 1.78. The van der Waals surface area contributed by atoms with Crippen LogP contribution in [0.2, 0.25) is 0 Å². The van der Waals surface area contributed by atoms with Gasteiger partial charge >= 0.3 is 0 Å². The molecule has 0 spiro atoms. The van der Waals surface area contributed by atoms with Crippen molar-refractivity contribution in [2.24, 2.45) is 11.5 Å². The molecule has 6 N–H and O–H groups in total. The highest BCUT2D eigenvalue weighted by Gasteiger charge is 2.29. The van der Waals surface area contributed by atoms with Gasteiger partial charge in [0.05, 0.1) is 12.9 Å². The van der Waals surface area contributed by atoms with Crippen LogP contribution in [0.4, 0.5) is 0 Å². The van der Waals surface area contributed by atoms with Gasteiger partial charge in [0.2, 0.25) is 0 Å². The van der Waals surface area contributed by atoms with Crippen LogP contribution in [0.5, 0.6) is 0 Å². The Labute approximate surface area is 76.3 Å². The minimum Gasteiger partial charge on any atom is -0.501 e. The minimum absolute atomic E-state index is 0.440. The lowest BCUT2D eigenvalue weighted by molar-refractivity contribution is -0.0496. The monoisotopic (exact) mass is 186 g/mol. The first-order chi connectivity index (χ1) is 6.02. The summed E-state index contributed by atoms with van der Waals surface area (Å²) >= 11 is 0. The molecule has 0 bridgehead atoms. The molecule has 1 heterocycles. The summed E-state index contributed by atoms with van der Waals surface area (Å²) < 4.78 is 4.98. The van der Waals surface area contributed by atoms with E-state index in [4.69, 9.17) is 21.3 Å². The normalized spacial score (nSPS) is 20.2. The van der Waals surface area contributed by atoms with Crippen LogP contribution < -0.4 is 11.5 Å². The molecule has 0 aromatic rings. The molecule has 0 radical (unpaired) electrons. The predicted octanol–water partition coefficient (Wildman–Crippen LogP) is -1.23. The predicted molar refractivity (Wildman–Crippen MR) is 47.1 cm³/mol. The summed E-state index contributed by atoms with van der Waals surface area (Å²) in [7, 11) is 0. The Morgan fingerprint density at radius 1 is 1.54 bits per heavy atom. The molecule has 0 aliphatic carbocycles. The molecule has 5 nitrogen and oxygen atoms in total. The van der Waals surface area contributed by atoms with E-state index in [1.165, 1.54) is 6.26 Å². The zero-order valence-corrected chi connectivity index (χ0v) is 7.18. The highest BCUT2D eigenvalue weighted by atomic mass is 16.5. The van der Waals surface area contributed by atoms with Gasteiger partial charge in [-0.25, -0.2) is 0 Å². The third-order valence-electron chi connectivity index (χ3n) is 1.78. The second-order valence-electron chi connectivity index (χ2n) is 2.98. The van der Waals surface area contributed by atoms with E-state index in [1.54, 1.807) is 12.2 Å². The molecule has 0 saturated carbocycles. The second kappa shape index (κ2) is 3.89. The summed E-state index contributed by atoms with van der Waals surface area (Å²) in [5.41, 5.74) is 10.8. The van der Waals surface area contributed by atoms with Gasteiger partial charge in [-0.2, -0.15) is 0 Å². The van der Waals surface area contributed by atoms with E-state index in [0.717, 1.165) is 0 Å². The fourth-order valence-corrected chi connectivity index (χ4v) is 1.07. The van der Waals surface area contributed by atoms with Gasteiger partial charge in [-0.05, 0) is 11.6 Å². The topological polar surface area (TPSA) is 102 Å². The van der Waals surface area contributed by atoms with Crippen molar-refractivity contribution in [3.05, 3.63) is 24.0 Å². The highest BCUT2D eigenvalue weighted by Crippen LogP contribution is 2.15. The molecule has 0 saturated heterocycles. The summed E-state index contributed by atoms with van der Waals surface area (Å²) in [6.45, 7) is 0.440. The van der Waals surface area contributed by atoms with Crippen molar-refractivity contribution in [1.29, 1.82) is 0 Å². The molecule has 74 valence electrons. The van der Waals surface area contributed by atoms with Gasteiger partial charge < -0.3 is 14.9 Å². The molecule has 0 amide bonds. The fraction of sp³-hybridized carbons (Fsp3) is 0.500. The summed E-state index contributed by atoms with van der Waals surface area (Å²) in [6, 6.07) is 0. The van der Waals surface area contributed by atoms with E-state index in [1.807, 2.05) is 0 Å². The van der Waals surface area contributed by atoms with Crippen LogP contribution in [0.25, 0.3) is 0 Å². The van der Waals surface area contributed by atoms with Gasteiger partial charge in [0.15, 0.2) is 5.85 Å². The lowest BCUT2D eigenvalue weighted by Crippen LogP contribution is -2.59. The van der Waals surface area contributed by atoms with Crippen molar-refractivity contribution in [3.8, 4) is 0 Å². The van der Waals surface area contributed by atoms with Crippen LogP contribution in [-0.4, -0.2) is 28.8 Å². The first kappa shape index (κ1) is 10.2. The quantitative estimate of drug-likeness (QED) is 0.404. The minimum atomic E-state index is -2.09. The van der Waals surface area contributed by atoms with Crippen LogP contribution in [0.3, 0.4) is 0 Å². The van der Waals surface area contributed by atoms with Crippen molar-refractivity contribution in [2.45, 2.75) is 18.4 Å². The first-order valence-corrected chi connectivity index (χ1v) is 3.97. The SMILES string of the molecule is NC(N)(O)C(O)C1=CC=COCC1. The number of hydrogen-bond donors (Lipinski definition) is 4. The second-order valence-corrected chi connectivity index (χ2v) is 2.98. The van der Waals surface area contributed by atoms with Crippen LogP contribution in [0.15, 0.2) is 24.0 Å². The van der Waals surface area contributed by atoms with Crippen LogP contribution in [0.1, 0.15) is 6.42 Å². The number of rotatable bonds is 2. The molecule has 13 heavy (non-hydrogen) atoms. The zero-order valence-electron chi connectivity index (χ0n) is 7.18. The summed E-state index contributed by atoms with van der Waals surface area (Å²) in [5, 5.41) is 18.6. The third kappa shape index (κ3) is 2.82. The molecular weight excluding hydrogens is 172 g/mol. The molecule has 1 aliphatic rings. The lowest BCUT2D eigenvalue weighted by Gasteiger charge is -2.25. The Bertz CT molecular complexity index is 230. The lowest BCUT2D eigenvalue weighted by atomic mass is 10.0. The van der Waals surface area contributed by atoms with Crippen molar-refractivity contribution in [2.75, 3.05) is 6.61 Å². The van der Waals surface area contributed by atoms with Crippen molar-refractivity contribution >= 4 is 0 Å². The molecule has 1 aliphatic heterocycles. The number of hydrogen-bond acceptors (Lipinski definition) is 5. The molecule has 0 fully saturated rings. The largest absolute Gasteiger partial charge is 0.501 e. The van der Waals surface area contributed by atoms with Gasteiger partial charge in [-0.1, -0.05) is 6.08 Å². The molecule has 1 atom stereocenters. The molecule has 1 unspecified atom stereocenters. The van der Waals surface area contributed by atoms with Gasteiger partial charge in [-0.15, -0.1) is 0 Å². The molecule has 5 heteroatoms. The Hall–Kier alpha value is -0.880. The summed E-state index contributed by atoms with van der Waals surface area (Å²) in [6.07, 6.45) is 3.98. The maximum atomic E-state index is 9.48. The van der Waals surface area contributed by atoms with Gasteiger partial charge in [0.1, 0.15) is 6.10 Å². The van der Waals surface area contributed by atoms with Crippen molar-refractivity contribution in [3.63, 3.8) is 0 Å². The van der Waals surface area contributed by atoms with Gasteiger partial charge in [0.25, 0.3) is 0 Å². The van der Waals surface area contributed by atoms with E-state index in [9.17, 15) is 5.11 Å². The maximum absolute atomic E-state index is 9.48. The Balaban J connectivity index is 2.70. The molecular formula is C8H14N2O3. The Morgan fingerprint density at radius 3 is 2.85 bits per heavy atom.